The Balaban J connectivity index is 0.000000604. The fourth-order valence-electron chi connectivity index (χ4n) is 3.19. The second-order valence-corrected chi connectivity index (χ2v) is 7.28. The van der Waals surface area contributed by atoms with Gasteiger partial charge < -0.3 is 15.2 Å². The van der Waals surface area contributed by atoms with Crippen LogP contribution in [0.1, 0.15) is 23.6 Å². The zero-order chi connectivity index (χ0) is 25.7. The summed E-state index contributed by atoms with van der Waals surface area (Å²) in [5, 5.41) is 6.75. The number of aldehydes is 1. The van der Waals surface area contributed by atoms with Crippen molar-refractivity contribution in [1.29, 1.82) is 0 Å². The predicted molar refractivity (Wildman–Crippen MR) is 100 cm³/mol. The van der Waals surface area contributed by atoms with Gasteiger partial charge in [0.15, 0.2) is 0 Å². The standard InChI is InChI=1S/C17H18F5N5O.C2HF3O/c18-11-1-2-13(19)10(7-11)8-12(23)9-15(28)26-4-3-14-24-25-16(17(20,21)22)27(14)6-5-26;3-2(4,5)1-6/h1-2,7,12H,3-6,8-9,23H2;1H/t12-;/m1./s1. The molecule has 1 aliphatic heterocycles. The predicted octanol–water partition coefficient (Wildman–Crippen LogP) is 2.67. The molecule has 1 atom stereocenters. The van der Waals surface area contributed by atoms with Crippen molar-refractivity contribution in [3.8, 4) is 0 Å². The van der Waals surface area contributed by atoms with Crippen LogP contribution >= 0.6 is 0 Å². The van der Waals surface area contributed by atoms with Crippen LogP contribution in [0, 0.1) is 11.6 Å². The van der Waals surface area contributed by atoms with Crippen molar-refractivity contribution >= 4 is 12.2 Å². The Labute approximate surface area is 187 Å². The Morgan fingerprint density at radius 1 is 1.09 bits per heavy atom. The molecule has 15 heteroatoms. The molecule has 0 fully saturated rings. The topological polar surface area (TPSA) is 94.1 Å². The van der Waals surface area contributed by atoms with Gasteiger partial charge >= 0.3 is 12.4 Å². The highest BCUT2D eigenvalue weighted by Crippen LogP contribution is 2.29. The van der Waals surface area contributed by atoms with E-state index in [0.717, 1.165) is 22.8 Å². The molecule has 0 bridgehead atoms. The molecule has 7 nitrogen and oxygen atoms in total. The first-order valence-corrected chi connectivity index (χ1v) is 9.71. The van der Waals surface area contributed by atoms with Gasteiger partial charge in [0.25, 0.3) is 0 Å². The number of benzene rings is 1. The van der Waals surface area contributed by atoms with Gasteiger partial charge in [-0.25, -0.2) is 8.78 Å². The van der Waals surface area contributed by atoms with Crippen molar-refractivity contribution in [2.45, 2.75) is 44.2 Å². The summed E-state index contributed by atoms with van der Waals surface area (Å²) in [5.41, 5.74) is 5.97. The Bertz CT molecular complexity index is 1010. The molecule has 0 aliphatic carbocycles. The minimum Gasteiger partial charge on any atom is -0.340 e. The molecule has 0 unspecified atom stereocenters. The number of fused-ring (bicyclic) bond motifs is 1. The van der Waals surface area contributed by atoms with Crippen LogP contribution < -0.4 is 5.73 Å². The molecule has 1 aliphatic rings. The summed E-state index contributed by atoms with van der Waals surface area (Å²) < 4.78 is 98.0. The minimum atomic E-state index is -4.64. The molecule has 0 saturated carbocycles. The van der Waals surface area contributed by atoms with E-state index in [1.54, 1.807) is 0 Å². The molecule has 0 radical (unpaired) electrons. The molecule has 3 rings (SSSR count). The third kappa shape index (κ3) is 7.74. The average Bonchev–Trinajstić information content (AvgIpc) is 3.03. The molecule has 2 N–H and O–H groups in total. The van der Waals surface area contributed by atoms with Crippen LogP contribution in [-0.4, -0.2) is 57.2 Å². The van der Waals surface area contributed by atoms with Crippen LogP contribution in [0.2, 0.25) is 0 Å². The molecule has 1 aromatic heterocycles. The quantitative estimate of drug-likeness (QED) is 0.514. The number of alkyl halides is 6. The van der Waals surface area contributed by atoms with E-state index in [-0.39, 0.29) is 56.2 Å². The van der Waals surface area contributed by atoms with E-state index in [2.05, 4.69) is 10.2 Å². The molecule has 1 aromatic carbocycles. The average molecular weight is 501 g/mol. The van der Waals surface area contributed by atoms with Crippen LogP contribution in [0.25, 0.3) is 0 Å². The maximum atomic E-state index is 13.7. The van der Waals surface area contributed by atoms with Gasteiger partial charge in [0, 0.05) is 38.5 Å². The summed E-state index contributed by atoms with van der Waals surface area (Å²) in [6, 6.07) is 2.24. The fraction of sp³-hybridized carbons (Fsp3) is 0.474. The Morgan fingerprint density at radius 3 is 2.32 bits per heavy atom. The highest BCUT2D eigenvalue weighted by atomic mass is 19.4. The maximum Gasteiger partial charge on any atom is 0.451 e. The Morgan fingerprint density at radius 2 is 1.74 bits per heavy atom. The van der Waals surface area contributed by atoms with E-state index >= 15 is 0 Å². The van der Waals surface area contributed by atoms with Crippen molar-refractivity contribution in [3.63, 3.8) is 0 Å². The van der Waals surface area contributed by atoms with Gasteiger partial charge in [-0.15, -0.1) is 10.2 Å². The van der Waals surface area contributed by atoms with Crippen LogP contribution in [0.4, 0.5) is 35.1 Å². The van der Waals surface area contributed by atoms with E-state index in [1.165, 1.54) is 4.90 Å². The first-order valence-electron chi connectivity index (χ1n) is 9.71. The summed E-state index contributed by atoms with van der Waals surface area (Å²) >= 11 is 0. The molecule has 1 amide bonds. The second kappa shape index (κ2) is 10.9. The van der Waals surface area contributed by atoms with Crippen LogP contribution in [0.5, 0.6) is 0 Å². The summed E-state index contributed by atoms with van der Waals surface area (Å²) in [5.74, 6) is -2.51. The Hall–Kier alpha value is -3.10. The number of halogens is 8. The first kappa shape index (κ1) is 27.1. The van der Waals surface area contributed by atoms with Gasteiger partial charge in [-0.3, -0.25) is 9.59 Å². The number of nitrogens with two attached hydrogens (primary N) is 1. The zero-order valence-electron chi connectivity index (χ0n) is 17.3. The molecular formula is C19H19F8N5O2. The summed E-state index contributed by atoms with van der Waals surface area (Å²) in [6.07, 6.45) is -10.4. The van der Waals surface area contributed by atoms with Gasteiger partial charge in [0.2, 0.25) is 18.0 Å². The van der Waals surface area contributed by atoms with Crippen LogP contribution in [0.3, 0.4) is 0 Å². The SMILES string of the molecule is N[C@@H](CC(=O)N1CCc2nnc(C(F)(F)F)n2CC1)Cc1cc(F)ccc1F.O=CC(F)(F)F. The number of aromatic nitrogens is 3. The summed E-state index contributed by atoms with van der Waals surface area (Å²) in [4.78, 5) is 22.6. The number of carbonyl (C=O) groups is 2. The number of hydrogen-bond acceptors (Lipinski definition) is 5. The van der Waals surface area contributed by atoms with Crippen LogP contribution in [0.15, 0.2) is 18.2 Å². The van der Waals surface area contributed by atoms with Gasteiger partial charge in [-0.2, -0.15) is 26.3 Å². The van der Waals surface area contributed by atoms with Crippen molar-refractivity contribution in [2.24, 2.45) is 5.73 Å². The lowest BCUT2D eigenvalue weighted by Crippen LogP contribution is -2.38. The molecule has 2 aromatic rings. The third-order valence-electron chi connectivity index (χ3n) is 4.69. The smallest absolute Gasteiger partial charge is 0.340 e. The second-order valence-electron chi connectivity index (χ2n) is 7.28. The molecule has 34 heavy (non-hydrogen) atoms. The van der Waals surface area contributed by atoms with Gasteiger partial charge in [-0.05, 0) is 30.2 Å². The molecular weight excluding hydrogens is 482 g/mol. The lowest BCUT2D eigenvalue weighted by atomic mass is 10.0. The van der Waals surface area contributed by atoms with Gasteiger partial charge in [0.1, 0.15) is 17.5 Å². The fourth-order valence-corrected chi connectivity index (χ4v) is 3.19. The molecule has 0 saturated heterocycles. The highest BCUT2D eigenvalue weighted by Gasteiger charge is 2.39. The van der Waals surface area contributed by atoms with Gasteiger partial charge in [0.05, 0.1) is 0 Å². The van der Waals surface area contributed by atoms with Crippen molar-refractivity contribution in [3.05, 3.63) is 47.0 Å². The van der Waals surface area contributed by atoms with E-state index in [9.17, 15) is 39.9 Å². The lowest BCUT2D eigenvalue weighted by molar-refractivity contribution is -0.156. The molecule has 188 valence electrons. The minimum absolute atomic E-state index is 0.0348. The third-order valence-corrected chi connectivity index (χ3v) is 4.69. The monoisotopic (exact) mass is 501 g/mol. The van der Waals surface area contributed by atoms with Gasteiger partial charge in [-0.1, -0.05) is 0 Å². The first-order chi connectivity index (χ1) is 15.7. The van der Waals surface area contributed by atoms with Crippen molar-refractivity contribution in [1.82, 2.24) is 19.7 Å². The number of carbonyl (C=O) groups excluding carboxylic acids is 2. The largest absolute Gasteiger partial charge is 0.451 e. The highest BCUT2D eigenvalue weighted by molar-refractivity contribution is 5.76. The summed E-state index contributed by atoms with van der Waals surface area (Å²) in [6.45, 7) is 0.139. The number of nitrogens with zero attached hydrogens (tertiary/aromatic N) is 4. The number of rotatable bonds is 4. The maximum absolute atomic E-state index is 13.7. The van der Waals surface area contributed by atoms with E-state index in [0.29, 0.717) is 0 Å². The lowest BCUT2D eigenvalue weighted by Gasteiger charge is -2.22. The zero-order valence-corrected chi connectivity index (χ0v) is 17.3. The number of hydrogen-bond donors (Lipinski definition) is 1. The van der Waals surface area contributed by atoms with Crippen LogP contribution in [-0.2, 0) is 35.2 Å². The molecule has 0 spiro atoms. The van der Waals surface area contributed by atoms with Crippen molar-refractivity contribution < 1.29 is 44.7 Å². The number of amides is 1. The summed E-state index contributed by atoms with van der Waals surface area (Å²) in [7, 11) is 0. The van der Waals surface area contributed by atoms with E-state index in [1.807, 2.05) is 0 Å². The van der Waals surface area contributed by atoms with Crippen molar-refractivity contribution in [2.75, 3.05) is 13.1 Å². The van der Waals surface area contributed by atoms with E-state index in [4.69, 9.17) is 10.5 Å². The Kier molecular flexibility index (Phi) is 8.69. The van der Waals surface area contributed by atoms with E-state index < -0.39 is 42.1 Å². The molecule has 2 heterocycles. The normalized spacial score (nSPS) is 15.0.